The fourth-order valence-electron chi connectivity index (χ4n) is 6.75. The molecule has 0 aliphatic carbocycles. The van der Waals surface area contributed by atoms with Crippen LogP contribution in [0, 0.1) is 23.2 Å². The minimum absolute atomic E-state index is 0.224. The smallest absolute Gasteiger partial charge is 0.234 e. The number of hydrogen-bond acceptors (Lipinski definition) is 9. The highest BCUT2D eigenvalue weighted by molar-refractivity contribution is 5.84. The number of nitriles is 1. The summed E-state index contributed by atoms with van der Waals surface area (Å²) >= 11 is 0. The van der Waals surface area contributed by atoms with Gasteiger partial charge in [-0.25, -0.2) is 24.9 Å². The van der Waals surface area contributed by atoms with Crippen LogP contribution < -0.4 is 10.6 Å². The number of rotatable bonds is 6. The summed E-state index contributed by atoms with van der Waals surface area (Å²) in [6.45, 7) is 4.88. The van der Waals surface area contributed by atoms with Gasteiger partial charge in [-0.05, 0) is 59.9 Å². The van der Waals surface area contributed by atoms with E-state index in [2.05, 4.69) is 65.7 Å². The van der Waals surface area contributed by atoms with Gasteiger partial charge in [0, 0.05) is 56.4 Å². The number of imidazole rings is 1. The molecule has 2 saturated heterocycles. The summed E-state index contributed by atoms with van der Waals surface area (Å²) in [7, 11) is 0. The third-order valence-corrected chi connectivity index (χ3v) is 8.88. The maximum atomic E-state index is 9.17. The third kappa shape index (κ3) is 5.03. The second kappa shape index (κ2) is 11.1. The van der Waals surface area contributed by atoms with Crippen LogP contribution >= 0.6 is 0 Å². The monoisotopic (exact) mass is 590 g/mol. The van der Waals surface area contributed by atoms with Gasteiger partial charge < -0.3 is 10.6 Å². The van der Waals surface area contributed by atoms with Gasteiger partial charge in [0.1, 0.15) is 23.2 Å². The van der Waals surface area contributed by atoms with Crippen molar-refractivity contribution in [2.24, 2.45) is 11.8 Å². The molecule has 6 heterocycles. The molecule has 0 amide bonds. The van der Waals surface area contributed by atoms with Crippen LogP contribution in [0.4, 0.5) is 11.6 Å². The third-order valence-electron chi connectivity index (χ3n) is 8.88. The Morgan fingerprint density at radius 2 is 1.58 bits per heavy atom. The summed E-state index contributed by atoms with van der Waals surface area (Å²) in [6.07, 6.45) is 3.36. The Hall–Kier alpha value is -5.66. The van der Waals surface area contributed by atoms with Gasteiger partial charge in [0.05, 0.1) is 11.3 Å². The molecule has 0 saturated carbocycles. The zero-order valence-electron chi connectivity index (χ0n) is 24.5. The van der Waals surface area contributed by atoms with Crippen LogP contribution in [0.1, 0.15) is 11.4 Å². The lowest BCUT2D eigenvalue weighted by atomic mass is 10.0. The summed E-state index contributed by atoms with van der Waals surface area (Å²) in [4.78, 5) is 27.6. The standard InChI is InChI=1S/C35H30N10/c36-17-31-38-16-14-32(42-31)44-21-25-19-43(20-26(25)22-44)18-23-8-10-27(11-9-23)45-34(28-7-4-15-39-33(28)37)41-30-13-12-29(40-35(30)45)24-5-2-1-3-6-24/h1-16,25-26H,18-22H2,(H2,37,39)/t25-,26+. The second-order valence-electron chi connectivity index (χ2n) is 11.7. The summed E-state index contributed by atoms with van der Waals surface area (Å²) in [6, 6.07) is 30.7. The van der Waals surface area contributed by atoms with Crippen LogP contribution in [0.3, 0.4) is 0 Å². The predicted molar refractivity (Wildman–Crippen MR) is 173 cm³/mol. The van der Waals surface area contributed by atoms with E-state index in [1.165, 1.54) is 5.56 Å². The summed E-state index contributed by atoms with van der Waals surface area (Å²) in [5.41, 5.74) is 12.8. The molecule has 2 fully saturated rings. The molecule has 10 heteroatoms. The lowest BCUT2D eigenvalue weighted by molar-refractivity contribution is 0.309. The number of likely N-dealkylation sites (tertiary alicyclic amines) is 1. The molecule has 2 aliphatic heterocycles. The van der Waals surface area contributed by atoms with Crippen LogP contribution in [-0.2, 0) is 6.54 Å². The lowest BCUT2D eigenvalue weighted by Crippen LogP contribution is -2.29. The highest BCUT2D eigenvalue weighted by Crippen LogP contribution is 2.35. The van der Waals surface area contributed by atoms with Gasteiger partial charge in [-0.3, -0.25) is 9.47 Å². The van der Waals surface area contributed by atoms with Crippen molar-refractivity contribution in [3.63, 3.8) is 0 Å². The number of nitrogen functional groups attached to an aromatic ring is 1. The van der Waals surface area contributed by atoms with E-state index in [1.807, 2.05) is 54.6 Å². The molecular formula is C35H30N10. The first-order chi connectivity index (χ1) is 22.1. The van der Waals surface area contributed by atoms with Gasteiger partial charge in [-0.2, -0.15) is 5.26 Å². The van der Waals surface area contributed by atoms with Crippen molar-refractivity contribution in [3.8, 4) is 34.4 Å². The van der Waals surface area contributed by atoms with Crippen molar-refractivity contribution in [1.29, 1.82) is 5.26 Å². The van der Waals surface area contributed by atoms with Gasteiger partial charge in [-0.1, -0.05) is 42.5 Å². The van der Waals surface area contributed by atoms with Crippen LogP contribution in [0.2, 0.25) is 0 Å². The molecule has 0 bridgehead atoms. The molecule has 2 aliphatic rings. The molecule has 45 heavy (non-hydrogen) atoms. The van der Waals surface area contributed by atoms with Gasteiger partial charge in [0.15, 0.2) is 11.5 Å². The highest BCUT2D eigenvalue weighted by atomic mass is 15.3. The van der Waals surface area contributed by atoms with Crippen LogP contribution in [0.15, 0.2) is 97.3 Å². The number of anilines is 2. The van der Waals surface area contributed by atoms with Crippen molar-refractivity contribution in [3.05, 3.63) is 109 Å². The van der Waals surface area contributed by atoms with Crippen molar-refractivity contribution < 1.29 is 0 Å². The highest BCUT2D eigenvalue weighted by Gasteiger charge is 2.40. The molecule has 6 aromatic rings. The van der Waals surface area contributed by atoms with E-state index >= 15 is 0 Å². The quantitative estimate of drug-likeness (QED) is 0.286. The summed E-state index contributed by atoms with van der Waals surface area (Å²) in [5.74, 6) is 3.38. The molecule has 0 unspecified atom stereocenters. The average molecular weight is 591 g/mol. The minimum Gasteiger partial charge on any atom is -0.383 e. The SMILES string of the molecule is N#Cc1nccc(N2C[C@H]3CN(Cc4ccc(-n5c(-c6cccnc6N)nc6ccc(-c7ccccc7)nc65)cc4)C[C@H]3C2)n1. The summed E-state index contributed by atoms with van der Waals surface area (Å²) < 4.78 is 2.08. The number of nitrogens with zero attached hydrogens (tertiary/aromatic N) is 9. The van der Waals surface area contributed by atoms with E-state index in [4.69, 9.17) is 15.7 Å². The maximum Gasteiger partial charge on any atom is 0.234 e. The largest absolute Gasteiger partial charge is 0.383 e. The molecule has 2 atom stereocenters. The maximum absolute atomic E-state index is 9.17. The first kappa shape index (κ1) is 26.9. The number of fused-ring (bicyclic) bond motifs is 2. The number of pyridine rings is 2. The van der Waals surface area contributed by atoms with E-state index < -0.39 is 0 Å². The number of hydrogen-bond donors (Lipinski definition) is 1. The molecule has 220 valence electrons. The molecule has 0 spiro atoms. The molecule has 2 aromatic carbocycles. The minimum atomic E-state index is 0.224. The van der Waals surface area contributed by atoms with Crippen LogP contribution in [-0.4, -0.2) is 60.6 Å². The Morgan fingerprint density at radius 1 is 0.778 bits per heavy atom. The van der Waals surface area contributed by atoms with E-state index in [9.17, 15) is 5.26 Å². The molecule has 2 N–H and O–H groups in total. The van der Waals surface area contributed by atoms with Crippen LogP contribution in [0.5, 0.6) is 0 Å². The summed E-state index contributed by atoms with van der Waals surface area (Å²) in [5, 5.41) is 9.17. The number of aromatic nitrogens is 6. The molecule has 8 rings (SSSR count). The zero-order chi connectivity index (χ0) is 30.3. The molecule has 10 nitrogen and oxygen atoms in total. The number of benzene rings is 2. The van der Waals surface area contributed by atoms with E-state index in [-0.39, 0.29) is 5.82 Å². The van der Waals surface area contributed by atoms with Crippen molar-refractivity contribution in [2.75, 3.05) is 36.8 Å². The predicted octanol–water partition coefficient (Wildman–Crippen LogP) is 4.96. The van der Waals surface area contributed by atoms with Gasteiger partial charge in [-0.15, -0.1) is 0 Å². The van der Waals surface area contributed by atoms with Gasteiger partial charge >= 0.3 is 0 Å². The van der Waals surface area contributed by atoms with E-state index in [0.717, 1.165) is 72.2 Å². The molecular weight excluding hydrogens is 560 g/mol. The van der Waals surface area contributed by atoms with Crippen molar-refractivity contribution in [1.82, 2.24) is 34.4 Å². The first-order valence-corrected chi connectivity index (χ1v) is 15.1. The lowest BCUT2D eigenvalue weighted by Gasteiger charge is -2.22. The normalized spacial score (nSPS) is 17.9. The second-order valence-corrected chi connectivity index (χ2v) is 11.7. The fourth-order valence-corrected chi connectivity index (χ4v) is 6.75. The van der Waals surface area contributed by atoms with Gasteiger partial charge in [0.2, 0.25) is 5.82 Å². The topological polar surface area (TPSA) is 126 Å². The number of nitrogens with two attached hydrogens (primary N) is 1. The fraction of sp³-hybridized carbons (Fsp3) is 0.200. The van der Waals surface area contributed by atoms with Crippen molar-refractivity contribution >= 4 is 22.8 Å². The Labute approximate surface area is 260 Å². The van der Waals surface area contributed by atoms with Crippen molar-refractivity contribution in [2.45, 2.75) is 6.54 Å². The average Bonchev–Trinajstić information content (AvgIpc) is 3.77. The first-order valence-electron chi connectivity index (χ1n) is 15.1. The Bertz CT molecular complexity index is 2030. The Morgan fingerprint density at radius 3 is 2.33 bits per heavy atom. The Kier molecular flexibility index (Phi) is 6.65. The van der Waals surface area contributed by atoms with E-state index in [0.29, 0.717) is 23.5 Å². The zero-order valence-corrected chi connectivity index (χ0v) is 24.5. The Balaban J connectivity index is 1.05. The van der Waals surface area contributed by atoms with E-state index in [1.54, 1.807) is 12.4 Å². The van der Waals surface area contributed by atoms with Gasteiger partial charge in [0.25, 0.3) is 0 Å². The molecule has 4 aromatic heterocycles. The van der Waals surface area contributed by atoms with Crippen LogP contribution in [0.25, 0.3) is 39.5 Å². The molecule has 0 radical (unpaired) electrons.